The Morgan fingerprint density at radius 2 is 1.44 bits per heavy atom. The van der Waals surface area contributed by atoms with Crippen molar-refractivity contribution >= 4 is 10.0 Å². The van der Waals surface area contributed by atoms with Crippen LogP contribution in [0.2, 0.25) is 0 Å². The number of sulfonamides is 1. The van der Waals surface area contributed by atoms with Crippen LogP contribution in [0.1, 0.15) is 16.7 Å². The molecule has 4 heteroatoms. The summed E-state index contributed by atoms with van der Waals surface area (Å²) in [5.41, 5.74) is 4.07. The van der Waals surface area contributed by atoms with Gasteiger partial charge in [-0.15, -0.1) is 0 Å². The Balaban J connectivity index is 0.000000146. The van der Waals surface area contributed by atoms with Gasteiger partial charge in [0.25, 0.3) is 0 Å². The lowest BCUT2D eigenvalue weighted by Gasteiger charge is -1.96. The second kappa shape index (κ2) is 4.92. The molecule has 0 atom stereocenters. The maximum absolute atomic E-state index is 10.7. The van der Waals surface area contributed by atoms with Gasteiger partial charge in [-0.3, -0.25) is 0 Å². The van der Waals surface area contributed by atoms with E-state index in [1.165, 1.54) is 29.7 Å². The molecule has 1 aliphatic carbocycles. The number of aryl methyl sites for hydroxylation is 1. The highest BCUT2D eigenvalue weighted by Crippen LogP contribution is 2.25. The number of benzene rings is 2. The molecule has 0 fully saturated rings. The summed E-state index contributed by atoms with van der Waals surface area (Å²) >= 11 is 0. The fourth-order valence-corrected chi connectivity index (χ4v) is 2.08. The van der Waals surface area contributed by atoms with Gasteiger partial charge in [-0.25, -0.2) is 13.6 Å². The van der Waals surface area contributed by atoms with E-state index in [4.69, 9.17) is 5.14 Å². The van der Waals surface area contributed by atoms with Crippen molar-refractivity contribution in [3.8, 4) is 0 Å². The Hall–Kier alpha value is -1.65. The number of primary sulfonamides is 1. The van der Waals surface area contributed by atoms with Gasteiger partial charge in [0.05, 0.1) is 4.90 Å². The fourth-order valence-electron chi connectivity index (χ4n) is 1.56. The Labute approximate surface area is 107 Å². The predicted octanol–water partition coefficient (Wildman–Crippen LogP) is 2.23. The van der Waals surface area contributed by atoms with Gasteiger partial charge in [-0.05, 0) is 36.6 Å². The molecule has 2 aromatic rings. The summed E-state index contributed by atoms with van der Waals surface area (Å²) < 4.78 is 21.4. The Bertz CT molecular complexity index is 625. The molecule has 0 heterocycles. The minimum absolute atomic E-state index is 0.156. The van der Waals surface area contributed by atoms with Gasteiger partial charge in [0.1, 0.15) is 0 Å². The van der Waals surface area contributed by atoms with Crippen molar-refractivity contribution in [2.24, 2.45) is 5.14 Å². The molecular formula is C14H15NO2S. The molecule has 0 saturated carbocycles. The SMILES string of the molecule is Cc1ccc(S(N)(=O)=O)cc1.c1ccc2c(c1)C2. The van der Waals surface area contributed by atoms with Crippen LogP contribution in [0.25, 0.3) is 0 Å². The molecule has 0 radical (unpaired) electrons. The molecule has 94 valence electrons. The van der Waals surface area contributed by atoms with E-state index < -0.39 is 10.0 Å². The predicted molar refractivity (Wildman–Crippen MR) is 71.8 cm³/mol. The van der Waals surface area contributed by atoms with Crippen molar-refractivity contribution in [3.05, 3.63) is 65.2 Å². The number of hydrogen-bond acceptors (Lipinski definition) is 2. The molecule has 2 N–H and O–H groups in total. The summed E-state index contributed by atoms with van der Waals surface area (Å²) in [6.07, 6.45) is 1.24. The van der Waals surface area contributed by atoms with Gasteiger partial charge in [0.2, 0.25) is 10.0 Å². The third-order valence-corrected chi connectivity index (χ3v) is 3.65. The summed E-state index contributed by atoms with van der Waals surface area (Å²) in [4.78, 5) is 0.156. The van der Waals surface area contributed by atoms with Crippen molar-refractivity contribution in [2.45, 2.75) is 18.2 Å². The molecule has 0 spiro atoms. The van der Waals surface area contributed by atoms with Crippen molar-refractivity contribution < 1.29 is 8.42 Å². The highest BCUT2D eigenvalue weighted by atomic mass is 32.2. The molecule has 18 heavy (non-hydrogen) atoms. The molecule has 3 nitrogen and oxygen atoms in total. The van der Waals surface area contributed by atoms with Gasteiger partial charge in [0.15, 0.2) is 0 Å². The molecule has 0 bridgehead atoms. The topological polar surface area (TPSA) is 60.2 Å². The van der Waals surface area contributed by atoms with E-state index in [0.29, 0.717) is 0 Å². The lowest BCUT2D eigenvalue weighted by molar-refractivity contribution is 0.598. The average molecular weight is 261 g/mol. The summed E-state index contributed by atoms with van der Waals surface area (Å²) in [6, 6.07) is 14.9. The van der Waals surface area contributed by atoms with Crippen molar-refractivity contribution in [1.29, 1.82) is 0 Å². The highest BCUT2D eigenvalue weighted by molar-refractivity contribution is 7.89. The molecule has 1 aliphatic rings. The van der Waals surface area contributed by atoms with Crippen LogP contribution in [0, 0.1) is 6.92 Å². The first-order chi connectivity index (χ1) is 8.47. The number of nitrogens with two attached hydrogens (primary N) is 1. The molecule has 0 amide bonds. The normalized spacial score (nSPS) is 12.1. The Morgan fingerprint density at radius 1 is 0.944 bits per heavy atom. The Morgan fingerprint density at radius 3 is 1.83 bits per heavy atom. The minimum Gasteiger partial charge on any atom is -0.225 e. The summed E-state index contributed by atoms with van der Waals surface area (Å²) in [7, 11) is -3.52. The van der Waals surface area contributed by atoms with Crippen LogP contribution in [0.3, 0.4) is 0 Å². The molecule has 3 rings (SSSR count). The van der Waals surface area contributed by atoms with Crippen LogP contribution in [-0.2, 0) is 16.4 Å². The zero-order chi connectivity index (χ0) is 13.2. The lowest BCUT2D eigenvalue weighted by Crippen LogP contribution is -2.11. The van der Waals surface area contributed by atoms with Gasteiger partial charge in [-0.2, -0.15) is 0 Å². The summed E-state index contributed by atoms with van der Waals surface area (Å²) in [6.45, 7) is 1.88. The first-order valence-electron chi connectivity index (χ1n) is 5.63. The second-order valence-electron chi connectivity index (χ2n) is 4.30. The quantitative estimate of drug-likeness (QED) is 0.730. The van der Waals surface area contributed by atoms with Crippen molar-refractivity contribution in [1.82, 2.24) is 0 Å². The van der Waals surface area contributed by atoms with E-state index >= 15 is 0 Å². The van der Waals surface area contributed by atoms with E-state index in [-0.39, 0.29) is 4.90 Å². The zero-order valence-electron chi connectivity index (χ0n) is 10.1. The largest absolute Gasteiger partial charge is 0.238 e. The minimum atomic E-state index is -3.52. The fraction of sp³-hybridized carbons (Fsp3) is 0.143. The van der Waals surface area contributed by atoms with E-state index in [1.807, 2.05) is 6.92 Å². The maximum Gasteiger partial charge on any atom is 0.238 e. The van der Waals surface area contributed by atoms with Gasteiger partial charge >= 0.3 is 0 Å². The molecule has 0 aromatic heterocycles. The van der Waals surface area contributed by atoms with E-state index in [0.717, 1.165) is 5.56 Å². The zero-order valence-corrected chi connectivity index (χ0v) is 10.9. The highest BCUT2D eigenvalue weighted by Gasteiger charge is 2.12. The molecule has 0 unspecified atom stereocenters. The molecular weight excluding hydrogens is 246 g/mol. The number of hydrogen-bond donors (Lipinski definition) is 1. The van der Waals surface area contributed by atoms with Crippen LogP contribution in [0.15, 0.2) is 53.4 Å². The smallest absolute Gasteiger partial charge is 0.225 e. The number of rotatable bonds is 1. The van der Waals surface area contributed by atoms with Crippen LogP contribution in [0.4, 0.5) is 0 Å². The van der Waals surface area contributed by atoms with Crippen LogP contribution in [-0.4, -0.2) is 8.42 Å². The summed E-state index contributed by atoms with van der Waals surface area (Å²) in [5, 5.41) is 4.88. The maximum atomic E-state index is 10.7. The third-order valence-electron chi connectivity index (χ3n) is 2.72. The molecule has 0 aliphatic heterocycles. The first kappa shape index (κ1) is 12.8. The Kier molecular flexibility index (Phi) is 3.50. The van der Waals surface area contributed by atoms with Crippen LogP contribution in [0.5, 0.6) is 0 Å². The van der Waals surface area contributed by atoms with Crippen molar-refractivity contribution in [2.75, 3.05) is 0 Å². The molecule has 2 aromatic carbocycles. The van der Waals surface area contributed by atoms with Crippen LogP contribution >= 0.6 is 0 Å². The van der Waals surface area contributed by atoms with Crippen molar-refractivity contribution in [3.63, 3.8) is 0 Å². The average Bonchev–Trinajstić information content (AvgIpc) is 3.08. The second-order valence-corrected chi connectivity index (χ2v) is 5.86. The van der Waals surface area contributed by atoms with E-state index in [1.54, 1.807) is 12.1 Å². The summed E-state index contributed by atoms with van der Waals surface area (Å²) in [5.74, 6) is 0. The molecule has 0 saturated heterocycles. The van der Waals surface area contributed by atoms with E-state index in [9.17, 15) is 8.42 Å². The van der Waals surface area contributed by atoms with Gasteiger partial charge in [-0.1, -0.05) is 42.0 Å². The van der Waals surface area contributed by atoms with Crippen LogP contribution < -0.4 is 5.14 Å². The standard InChI is InChI=1S/C7H9NO2S.C7H6/c1-6-2-4-7(5-3-6)11(8,9)10;1-2-4-7-5-6(7)3-1/h2-5H,1H3,(H2,8,9,10);1-4H,5H2. The van der Waals surface area contributed by atoms with Gasteiger partial charge in [0, 0.05) is 0 Å². The monoisotopic (exact) mass is 261 g/mol. The third kappa shape index (κ3) is 3.42. The lowest BCUT2D eigenvalue weighted by atomic mass is 10.2. The van der Waals surface area contributed by atoms with Gasteiger partial charge < -0.3 is 0 Å². The first-order valence-corrected chi connectivity index (χ1v) is 7.18. The van der Waals surface area contributed by atoms with E-state index in [2.05, 4.69) is 24.3 Å². The number of fused-ring (bicyclic) bond motifs is 1.